The minimum Gasteiger partial charge on any atom is -0.456 e. The number of carbonyl (C=O) groups excluding carboxylic acids is 2. The lowest BCUT2D eigenvalue weighted by molar-refractivity contribution is -0.189. The van der Waals surface area contributed by atoms with Gasteiger partial charge in [0.15, 0.2) is 5.78 Å². The molecule has 0 aromatic rings. The second kappa shape index (κ2) is 2.92. The Labute approximate surface area is 100.0 Å². The van der Waals surface area contributed by atoms with E-state index in [4.69, 9.17) is 9.47 Å². The minimum atomic E-state index is -0.933. The first kappa shape index (κ1) is 10.8. The van der Waals surface area contributed by atoms with Crippen LogP contribution in [0.25, 0.3) is 0 Å². The zero-order chi connectivity index (χ0) is 12.4. The van der Waals surface area contributed by atoms with Crippen molar-refractivity contribution in [3.63, 3.8) is 0 Å². The van der Waals surface area contributed by atoms with Crippen molar-refractivity contribution in [3.05, 3.63) is 11.3 Å². The average Bonchev–Trinajstić information content (AvgIpc) is 2.49. The Balaban J connectivity index is 2.02. The van der Waals surface area contributed by atoms with Gasteiger partial charge in [-0.25, -0.2) is 0 Å². The van der Waals surface area contributed by atoms with E-state index in [1.807, 2.05) is 0 Å². The number of Topliss-reactive ketones (excluding diaryl/α,β-unsaturated/α-hetero) is 1. The summed E-state index contributed by atoms with van der Waals surface area (Å²) in [4.78, 5) is 23.5. The van der Waals surface area contributed by atoms with E-state index < -0.39 is 5.79 Å². The van der Waals surface area contributed by atoms with Crippen LogP contribution in [0.4, 0.5) is 0 Å². The maximum atomic E-state index is 12.2. The second-order valence-corrected chi connectivity index (χ2v) is 6.13. The van der Waals surface area contributed by atoms with Crippen molar-refractivity contribution < 1.29 is 19.1 Å². The SMILES string of the molecule is CC1(C)CC(=O)C2=C(C1)O[C@@]1(C)OC(=O)C[C@H]21. The van der Waals surface area contributed by atoms with Crippen LogP contribution in [-0.2, 0) is 19.1 Å². The van der Waals surface area contributed by atoms with Gasteiger partial charge < -0.3 is 9.47 Å². The first-order valence-electron chi connectivity index (χ1n) is 5.98. The van der Waals surface area contributed by atoms with Crippen molar-refractivity contribution in [1.29, 1.82) is 0 Å². The smallest absolute Gasteiger partial charge is 0.310 e. The van der Waals surface area contributed by atoms with Crippen LogP contribution in [0.5, 0.6) is 0 Å². The van der Waals surface area contributed by atoms with Crippen molar-refractivity contribution >= 4 is 11.8 Å². The molecule has 0 saturated carbocycles. The molecule has 1 saturated heterocycles. The number of rotatable bonds is 0. The molecule has 0 unspecified atom stereocenters. The van der Waals surface area contributed by atoms with Crippen LogP contribution in [-0.4, -0.2) is 17.5 Å². The maximum absolute atomic E-state index is 12.2. The fraction of sp³-hybridized carbons (Fsp3) is 0.692. The Hall–Kier alpha value is -1.32. The molecule has 17 heavy (non-hydrogen) atoms. The number of ether oxygens (including phenoxy) is 2. The van der Waals surface area contributed by atoms with E-state index >= 15 is 0 Å². The molecule has 3 aliphatic rings. The lowest BCUT2D eigenvalue weighted by Crippen LogP contribution is -2.31. The highest BCUT2D eigenvalue weighted by Crippen LogP contribution is 2.53. The summed E-state index contributed by atoms with van der Waals surface area (Å²) in [5.41, 5.74) is 0.646. The molecule has 2 atom stereocenters. The van der Waals surface area contributed by atoms with E-state index in [9.17, 15) is 9.59 Å². The van der Waals surface area contributed by atoms with Gasteiger partial charge in [-0.2, -0.15) is 0 Å². The van der Waals surface area contributed by atoms with Gasteiger partial charge in [-0.1, -0.05) is 13.8 Å². The van der Waals surface area contributed by atoms with Gasteiger partial charge in [-0.05, 0) is 5.41 Å². The van der Waals surface area contributed by atoms with Gasteiger partial charge in [-0.3, -0.25) is 9.59 Å². The quantitative estimate of drug-likeness (QED) is 0.603. The molecule has 0 N–H and O–H groups in total. The number of fused-ring (bicyclic) bond motifs is 2. The van der Waals surface area contributed by atoms with Crippen LogP contribution in [0.2, 0.25) is 0 Å². The molecule has 0 aromatic carbocycles. The first-order chi connectivity index (χ1) is 7.81. The normalized spacial score (nSPS) is 38.6. The summed E-state index contributed by atoms with van der Waals surface area (Å²) in [6.07, 6.45) is 1.54. The number of allylic oxidation sites excluding steroid dienone is 1. The second-order valence-electron chi connectivity index (χ2n) is 6.13. The lowest BCUT2D eigenvalue weighted by atomic mass is 9.73. The number of ketones is 1. The minimum absolute atomic E-state index is 0.0606. The fourth-order valence-electron chi connectivity index (χ4n) is 3.15. The number of carbonyl (C=O) groups is 2. The lowest BCUT2D eigenvalue weighted by Gasteiger charge is -2.29. The van der Waals surface area contributed by atoms with Crippen molar-refractivity contribution in [3.8, 4) is 0 Å². The van der Waals surface area contributed by atoms with Crippen LogP contribution in [0.15, 0.2) is 11.3 Å². The van der Waals surface area contributed by atoms with Crippen LogP contribution in [0, 0.1) is 11.3 Å². The van der Waals surface area contributed by atoms with E-state index in [2.05, 4.69) is 13.8 Å². The molecular formula is C13H16O4. The van der Waals surface area contributed by atoms with Crippen molar-refractivity contribution in [2.24, 2.45) is 11.3 Å². The Kier molecular flexibility index (Phi) is 1.86. The molecule has 2 aliphatic heterocycles. The standard InChI is InChI=1S/C13H16O4/c1-12(2)5-8(14)11-7-4-10(15)17-13(7,3)16-9(11)6-12/h7H,4-6H2,1-3H3/t7-,13+/m1/s1. The van der Waals surface area contributed by atoms with Crippen LogP contribution in [0.3, 0.4) is 0 Å². The predicted molar refractivity (Wildman–Crippen MR) is 58.7 cm³/mol. The van der Waals surface area contributed by atoms with E-state index in [1.165, 1.54) is 0 Å². The highest BCUT2D eigenvalue weighted by molar-refractivity contribution is 5.99. The zero-order valence-electron chi connectivity index (χ0n) is 10.3. The van der Waals surface area contributed by atoms with Gasteiger partial charge in [0.05, 0.1) is 12.3 Å². The number of hydrogen-bond acceptors (Lipinski definition) is 4. The molecule has 3 rings (SSSR count). The predicted octanol–water partition coefficient (Wildman–Crippen LogP) is 1.94. The molecule has 1 aliphatic carbocycles. The topological polar surface area (TPSA) is 52.6 Å². The summed E-state index contributed by atoms with van der Waals surface area (Å²) in [7, 11) is 0. The average molecular weight is 236 g/mol. The Morgan fingerprint density at radius 2 is 1.82 bits per heavy atom. The van der Waals surface area contributed by atoms with Crippen molar-refractivity contribution in [2.75, 3.05) is 0 Å². The third-order valence-electron chi connectivity index (χ3n) is 3.87. The Morgan fingerprint density at radius 1 is 1.12 bits per heavy atom. The third kappa shape index (κ3) is 1.43. The molecule has 92 valence electrons. The van der Waals surface area contributed by atoms with Crippen LogP contribution >= 0.6 is 0 Å². The molecule has 0 amide bonds. The van der Waals surface area contributed by atoms with Crippen LogP contribution in [0.1, 0.15) is 40.0 Å². The molecule has 0 radical (unpaired) electrons. The van der Waals surface area contributed by atoms with E-state index in [0.29, 0.717) is 12.0 Å². The molecule has 2 heterocycles. The Bertz CT molecular complexity index is 460. The zero-order valence-corrected chi connectivity index (χ0v) is 10.3. The maximum Gasteiger partial charge on any atom is 0.310 e. The molecular weight excluding hydrogens is 220 g/mol. The van der Waals surface area contributed by atoms with Gasteiger partial charge in [0.25, 0.3) is 5.79 Å². The summed E-state index contributed by atoms with van der Waals surface area (Å²) in [5.74, 6) is -0.553. The molecule has 4 nitrogen and oxygen atoms in total. The van der Waals surface area contributed by atoms with Gasteiger partial charge in [0.1, 0.15) is 5.76 Å². The van der Waals surface area contributed by atoms with E-state index in [-0.39, 0.29) is 29.5 Å². The summed E-state index contributed by atoms with van der Waals surface area (Å²) < 4.78 is 11.0. The third-order valence-corrected chi connectivity index (χ3v) is 3.87. The van der Waals surface area contributed by atoms with Gasteiger partial charge in [0, 0.05) is 25.3 Å². The molecule has 1 fully saturated rings. The molecule has 0 spiro atoms. The van der Waals surface area contributed by atoms with Crippen molar-refractivity contribution in [1.82, 2.24) is 0 Å². The number of esters is 1. The fourth-order valence-corrected chi connectivity index (χ4v) is 3.15. The Morgan fingerprint density at radius 3 is 2.53 bits per heavy atom. The van der Waals surface area contributed by atoms with Gasteiger partial charge in [0.2, 0.25) is 0 Å². The van der Waals surface area contributed by atoms with Gasteiger partial charge >= 0.3 is 5.97 Å². The summed E-state index contributed by atoms with van der Waals surface area (Å²) >= 11 is 0. The van der Waals surface area contributed by atoms with E-state index in [0.717, 1.165) is 12.2 Å². The summed E-state index contributed by atoms with van der Waals surface area (Å²) in [5, 5.41) is 0. The first-order valence-corrected chi connectivity index (χ1v) is 5.98. The van der Waals surface area contributed by atoms with E-state index in [1.54, 1.807) is 6.92 Å². The monoisotopic (exact) mass is 236 g/mol. The molecule has 0 aromatic heterocycles. The highest BCUT2D eigenvalue weighted by atomic mass is 16.7. The summed E-state index contributed by atoms with van der Waals surface area (Å²) in [6.45, 7) is 5.86. The molecule has 0 bridgehead atoms. The number of hydrogen-bond donors (Lipinski definition) is 0. The van der Waals surface area contributed by atoms with Crippen molar-refractivity contribution in [2.45, 2.75) is 45.8 Å². The largest absolute Gasteiger partial charge is 0.456 e. The van der Waals surface area contributed by atoms with Gasteiger partial charge in [-0.15, -0.1) is 0 Å². The molecule has 4 heteroatoms. The highest BCUT2D eigenvalue weighted by Gasteiger charge is 2.58. The van der Waals surface area contributed by atoms with Crippen LogP contribution < -0.4 is 0 Å². The summed E-state index contributed by atoms with van der Waals surface area (Å²) in [6, 6.07) is 0.